The number of fused-ring (bicyclic) bond motifs is 1. The van der Waals surface area contributed by atoms with Crippen LogP contribution in [0, 0.1) is 6.92 Å². The van der Waals surface area contributed by atoms with Gasteiger partial charge in [-0.1, -0.05) is 12.1 Å². The molecule has 4 rings (SSSR count). The number of nitrogens with zero attached hydrogens (tertiary/aromatic N) is 4. The Morgan fingerprint density at radius 1 is 1.04 bits per heavy atom. The highest BCUT2D eigenvalue weighted by molar-refractivity contribution is 6.20. The first-order valence-corrected chi connectivity index (χ1v) is 9.45. The van der Waals surface area contributed by atoms with Crippen LogP contribution in [0.3, 0.4) is 0 Å². The van der Waals surface area contributed by atoms with E-state index in [9.17, 15) is 14.4 Å². The number of imide groups is 1. The fourth-order valence-corrected chi connectivity index (χ4v) is 3.72. The quantitative estimate of drug-likeness (QED) is 0.758. The lowest BCUT2D eigenvalue weighted by atomic mass is 10.2. The van der Waals surface area contributed by atoms with E-state index < -0.39 is 5.91 Å². The summed E-state index contributed by atoms with van der Waals surface area (Å²) in [6, 6.07) is 11.6. The summed E-state index contributed by atoms with van der Waals surface area (Å²) in [5, 5.41) is 0. The predicted molar refractivity (Wildman–Crippen MR) is 104 cm³/mol. The van der Waals surface area contributed by atoms with Gasteiger partial charge in [-0.05, 0) is 36.8 Å². The van der Waals surface area contributed by atoms with Gasteiger partial charge in [0.1, 0.15) is 5.69 Å². The van der Waals surface area contributed by atoms with Crippen molar-refractivity contribution in [2.24, 2.45) is 0 Å². The van der Waals surface area contributed by atoms with Gasteiger partial charge in [0.2, 0.25) is 5.91 Å². The van der Waals surface area contributed by atoms with Gasteiger partial charge in [-0.25, -0.2) is 0 Å². The molecule has 0 N–H and O–H groups in total. The third-order valence-corrected chi connectivity index (χ3v) is 5.28. The Morgan fingerprint density at radius 3 is 2.54 bits per heavy atom. The average molecular weight is 378 g/mol. The lowest BCUT2D eigenvalue weighted by Gasteiger charge is -2.36. The monoisotopic (exact) mass is 378 g/mol. The summed E-state index contributed by atoms with van der Waals surface area (Å²) in [5.74, 6) is -0.823. The Morgan fingerprint density at radius 2 is 1.82 bits per heavy atom. The van der Waals surface area contributed by atoms with Gasteiger partial charge in [-0.2, -0.15) is 0 Å². The van der Waals surface area contributed by atoms with Gasteiger partial charge in [0.15, 0.2) is 0 Å². The molecule has 1 aromatic heterocycles. The zero-order valence-corrected chi connectivity index (χ0v) is 15.8. The molecular weight excluding hydrogens is 356 g/mol. The molecule has 1 aromatic carbocycles. The summed E-state index contributed by atoms with van der Waals surface area (Å²) >= 11 is 0. The number of pyridine rings is 1. The zero-order valence-electron chi connectivity index (χ0n) is 15.8. The maximum Gasteiger partial charge on any atom is 0.280 e. The summed E-state index contributed by atoms with van der Waals surface area (Å²) < 4.78 is 0. The van der Waals surface area contributed by atoms with Gasteiger partial charge in [0.25, 0.3) is 11.8 Å². The molecule has 0 spiro atoms. The highest BCUT2D eigenvalue weighted by Gasteiger charge is 2.36. The average Bonchev–Trinajstić information content (AvgIpc) is 2.97. The van der Waals surface area contributed by atoms with Crippen LogP contribution < -0.4 is 4.90 Å². The van der Waals surface area contributed by atoms with Crippen molar-refractivity contribution in [3.8, 4) is 0 Å². The van der Waals surface area contributed by atoms with Crippen LogP contribution in [0.25, 0.3) is 0 Å². The molecule has 2 aromatic rings. The Kier molecular flexibility index (Phi) is 4.81. The van der Waals surface area contributed by atoms with Crippen LogP contribution in [-0.4, -0.2) is 65.2 Å². The van der Waals surface area contributed by atoms with E-state index in [-0.39, 0.29) is 30.5 Å². The molecule has 2 aliphatic heterocycles. The van der Waals surface area contributed by atoms with Crippen molar-refractivity contribution >= 4 is 23.4 Å². The molecule has 0 atom stereocenters. The molecule has 28 heavy (non-hydrogen) atoms. The third-order valence-electron chi connectivity index (χ3n) is 5.28. The van der Waals surface area contributed by atoms with Crippen molar-refractivity contribution in [3.05, 3.63) is 59.4 Å². The first kappa shape index (κ1) is 18.2. The number of aryl methyl sites for hydroxylation is 1. The molecule has 3 heterocycles. The largest absolute Gasteiger partial charge is 0.368 e. The minimum absolute atomic E-state index is 0.0339. The van der Waals surface area contributed by atoms with Crippen LogP contribution in [-0.2, 0) is 4.79 Å². The minimum Gasteiger partial charge on any atom is -0.368 e. The molecule has 7 heteroatoms. The fraction of sp³-hybridized carbons (Fsp3) is 0.333. The minimum atomic E-state index is -0.419. The predicted octanol–water partition coefficient (Wildman–Crippen LogP) is 1.72. The van der Waals surface area contributed by atoms with Crippen molar-refractivity contribution in [1.82, 2.24) is 14.8 Å². The lowest BCUT2D eigenvalue weighted by molar-refractivity contribution is -0.131. The van der Waals surface area contributed by atoms with Crippen molar-refractivity contribution in [1.29, 1.82) is 0 Å². The molecule has 3 amide bonds. The second-order valence-electron chi connectivity index (χ2n) is 7.12. The van der Waals surface area contributed by atoms with Crippen LogP contribution in [0.4, 0.5) is 5.69 Å². The highest BCUT2D eigenvalue weighted by Crippen LogP contribution is 2.21. The van der Waals surface area contributed by atoms with E-state index >= 15 is 0 Å². The Hall–Kier alpha value is -3.22. The number of carbonyl (C=O) groups excluding carboxylic acids is 3. The maximum atomic E-state index is 12.6. The molecule has 7 nitrogen and oxygen atoms in total. The van der Waals surface area contributed by atoms with E-state index in [1.807, 2.05) is 11.0 Å². The summed E-state index contributed by atoms with van der Waals surface area (Å²) in [5.41, 5.74) is 2.87. The number of hydrogen-bond donors (Lipinski definition) is 0. The summed E-state index contributed by atoms with van der Waals surface area (Å²) in [4.78, 5) is 46.5. The fourth-order valence-electron chi connectivity index (χ4n) is 3.72. The van der Waals surface area contributed by atoms with Gasteiger partial charge in [0.05, 0.1) is 5.56 Å². The number of piperazine rings is 1. The number of anilines is 1. The third kappa shape index (κ3) is 3.35. The molecule has 1 saturated heterocycles. The van der Waals surface area contributed by atoms with E-state index in [0.717, 1.165) is 18.0 Å². The van der Waals surface area contributed by atoms with Crippen molar-refractivity contribution in [2.45, 2.75) is 13.3 Å². The van der Waals surface area contributed by atoms with Gasteiger partial charge < -0.3 is 9.80 Å². The molecule has 0 saturated carbocycles. The molecule has 0 radical (unpaired) electrons. The second-order valence-corrected chi connectivity index (χ2v) is 7.12. The Bertz CT molecular complexity index is 900. The van der Waals surface area contributed by atoms with E-state index in [1.54, 1.807) is 12.1 Å². The van der Waals surface area contributed by atoms with E-state index in [0.29, 0.717) is 18.7 Å². The summed E-state index contributed by atoms with van der Waals surface area (Å²) in [7, 11) is 0. The second kappa shape index (κ2) is 7.42. The topological polar surface area (TPSA) is 73.8 Å². The SMILES string of the molecule is Cc1cccc(N2CCN(C(=O)CCN3C(=O)c4cccnc4C3=O)CC2)c1. The van der Waals surface area contributed by atoms with Crippen LogP contribution in [0.15, 0.2) is 42.6 Å². The zero-order chi connectivity index (χ0) is 19.7. The van der Waals surface area contributed by atoms with Crippen molar-refractivity contribution in [2.75, 3.05) is 37.6 Å². The van der Waals surface area contributed by atoms with Crippen LogP contribution >= 0.6 is 0 Å². The van der Waals surface area contributed by atoms with Crippen LogP contribution in [0.2, 0.25) is 0 Å². The van der Waals surface area contributed by atoms with Crippen molar-refractivity contribution < 1.29 is 14.4 Å². The smallest absolute Gasteiger partial charge is 0.280 e. The first-order valence-electron chi connectivity index (χ1n) is 9.45. The first-order chi connectivity index (χ1) is 13.5. The normalized spacial score (nSPS) is 16.5. The summed E-state index contributed by atoms with van der Waals surface area (Å²) in [6.07, 6.45) is 1.63. The standard InChI is InChI=1S/C21H22N4O3/c1-15-4-2-5-16(14-15)23-10-12-24(13-11-23)18(26)7-9-25-20(27)17-6-3-8-22-19(17)21(25)28/h2-6,8,14H,7,9-13H2,1H3. The van der Waals surface area contributed by atoms with E-state index in [4.69, 9.17) is 0 Å². The van der Waals surface area contributed by atoms with Gasteiger partial charge in [-0.15, -0.1) is 0 Å². The maximum absolute atomic E-state index is 12.6. The van der Waals surface area contributed by atoms with E-state index in [1.165, 1.54) is 17.4 Å². The molecule has 2 aliphatic rings. The number of benzene rings is 1. The van der Waals surface area contributed by atoms with Crippen LogP contribution in [0.5, 0.6) is 0 Å². The Labute approximate surface area is 163 Å². The molecule has 144 valence electrons. The number of hydrogen-bond acceptors (Lipinski definition) is 5. The summed E-state index contributed by atoms with van der Waals surface area (Å²) in [6.45, 7) is 4.97. The number of aromatic nitrogens is 1. The molecule has 0 aliphatic carbocycles. The lowest BCUT2D eigenvalue weighted by Crippen LogP contribution is -2.49. The highest BCUT2D eigenvalue weighted by atomic mass is 16.2. The van der Waals surface area contributed by atoms with Gasteiger partial charge in [0, 0.05) is 51.0 Å². The molecular formula is C21H22N4O3. The Balaban J connectivity index is 1.31. The molecule has 1 fully saturated rings. The molecule has 0 unspecified atom stereocenters. The molecule has 0 bridgehead atoms. The van der Waals surface area contributed by atoms with Gasteiger partial charge >= 0.3 is 0 Å². The van der Waals surface area contributed by atoms with Crippen LogP contribution in [0.1, 0.15) is 32.8 Å². The number of rotatable bonds is 4. The number of amides is 3. The van der Waals surface area contributed by atoms with Gasteiger partial charge in [-0.3, -0.25) is 24.3 Å². The number of carbonyl (C=O) groups is 3. The van der Waals surface area contributed by atoms with E-state index in [2.05, 4.69) is 35.0 Å². The van der Waals surface area contributed by atoms with Crippen molar-refractivity contribution in [3.63, 3.8) is 0 Å².